The number of thiazole rings is 1. The zero-order valence-electron chi connectivity index (χ0n) is 18.3. The molecule has 1 aliphatic rings. The van der Waals surface area contributed by atoms with E-state index in [-0.39, 0.29) is 16.7 Å². The number of anilines is 1. The molecule has 0 aliphatic carbocycles. The van der Waals surface area contributed by atoms with Crippen LogP contribution in [0.25, 0.3) is 11.3 Å². The van der Waals surface area contributed by atoms with E-state index in [1.807, 2.05) is 46.8 Å². The zero-order chi connectivity index (χ0) is 22.9. The largest absolute Gasteiger partial charge is 0.269 e. The third-order valence-corrected chi connectivity index (χ3v) is 6.67. The molecule has 0 bridgehead atoms. The number of non-ortho nitro benzene ring substituents is 1. The van der Waals surface area contributed by atoms with E-state index >= 15 is 0 Å². The van der Waals surface area contributed by atoms with Gasteiger partial charge in [-0.25, -0.2) is 9.99 Å². The standard InChI is InChI=1S/C26H22N4O2S/c1-17-11-12-18(2)22(13-17)23-15-25(20-9-6-10-21(14-20)30(31)32)29(28-23)26-27-24(16-33-26)19-7-4-3-5-8-19/h3-14,16,25H,15H2,1-2H3/t25-/m0/s1. The molecule has 0 spiro atoms. The van der Waals surface area contributed by atoms with Crippen molar-refractivity contribution in [2.24, 2.45) is 5.10 Å². The number of hydrogen-bond acceptors (Lipinski definition) is 6. The summed E-state index contributed by atoms with van der Waals surface area (Å²) in [4.78, 5) is 15.9. The number of hydrazone groups is 1. The first-order valence-electron chi connectivity index (χ1n) is 10.7. The fourth-order valence-corrected chi connectivity index (χ4v) is 4.95. The molecule has 0 saturated carbocycles. The molecule has 2 heterocycles. The predicted octanol–water partition coefficient (Wildman–Crippen LogP) is 6.69. The predicted molar refractivity (Wildman–Crippen MR) is 133 cm³/mol. The summed E-state index contributed by atoms with van der Waals surface area (Å²) in [5, 5.41) is 21.1. The minimum atomic E-state index is -0.355. The molecule has 0 fully saturated rings. The second kappa shape index (κ2) is 8.60. The number of rotatable bonds is 5. The van der Waals surface area contributed by atoms with Gasteiger partial charge in [0.15, 0.2) is 0 Å². The molecule has 6 nitrogen and oxygen atoms in total. The van der Waals surface area contributed by atoms with Crippen LogP contribution in [0.2, 0.25) is 0 Å². The molecule has 0 radical (unpaired) electrons. The van der Waals surface area contributed by atoms with Crippen molar-refractivity contribution in [2.75, 3.05) is 5.01 Å². The molecule has 3 aromatic carbocycles. The maximum absolute atomic E-state index is 11.4. The van der Waals surface area contributed by atoms with Gasteiger partial charge in [0.05, 0.1) is 22.4 Å². The molecule has 0 saturated heterocycles. The molecule has 0 amide bonds. The number of aromatic nitrogens is 1. The van der Waals surface area contributed by atoms with Gasteiger partial charge >= 0.3 is 0 Å². The average molecular weight is 455 g/mol. The topological polar surface area (TPSA) is 71.6 Å². The van der Waals surface area contributed by atoms with E-state index in [0.717, 1.165) is 38.8 Å². The number of nitrogens with zero attached hydrogens (tertiary/aromatic N) is 4. The summed E-state index contributed by atoms with van der Waals surface area (Å²) in [6.07, 6.45) is 0.645. The summed E-state index contributed by atoms with van der Waals surface area (Å²) in [6.45, 7) is 4.15. The molecule has 0 N–H and O–H groups in total. The molecule has 5 rings (SSSR count). The summed E-state index contributed by atoms with van der Waals surface area (Å²) < 4.78 is 0. The molecule has 0 unspecified atom stereocenters. The minimum absolute atomic E-state index is 0.0803. The Morgan fingerprint density at radius 1 is 1.03 bits per heavy atom. The van der Waals surface area contributed by atoms with Crippen molar-refractivity contribution < 1.29 is 4.92 Å². The average Bonchev–Trinajstić information content (AvgIpc) is 3.49. The van der Waals surface area contributed by atoms with Crippen LogP contribution in [0.4, 0.5) is 10.8 Å². The van der Waals surface area contributed by atoms with Crippen LogP contribution in [0.3, 0.4) is 0 Å². The van der Waals surface area contributed by atoms with Crippen LogP contribution in [0.5, 0.6) is 0 Å². The van der Waals surface area contributed by atoms with Gasteiger partial charge in [0.25, 0.3) is 5.69 Å². The Kier molecular flexibility index (Phi) is 5.48. The molecule has 1 atom stereocenters. The lowest BCUT2D eigenvalue weighted by Gasteiger charge is -2.21. The first-order chi connectivity index (χ1) is 16.0. The first-order valence-corrected chi connectivity index (χ1v) is 11.6. The summed E-state index contributed by atoms with van der Waals surface area (Å²) in [5.74, 6) is 0. The summed E-state index contributed by atoms with van der Waals surface area (Å²) in [5.41, 5.74) is 7.26. The van der Waals surface area contributed by atoms with Crippen molar-refractivity contribution in [1.82, 2.24) is 4.98 Å². The second-order valence-corrected chi connectivity index (χ2v) is 9.00. The van der Waals surface area contributed by atoms with E-state index < -0.39 is 0 Å². The Balaban J connectivity index is 1.58. The quantitative estimate of drug-likeness (QED) is 0.249. The van der Waals surface area contributed by atoms with Gasteiger partial charge in [-0.3, -0.25) is 10.1 Å². The normalized spacial score (nSPS) is 15.5. The number of benzene rings is 3. The highest BCUT2D eigenvalue weighted by molar-refractivity contribution is 7.14. The monoisotopic (exact) mass is 454 g/mol. The van der Waals surface area contributed by atoms with E-state index in [4.69, 9.17) is 10.1 Å². The Hall–Kier alpha value is -3.84. The summed E-state index contributed by atoms with van der Waals surface area (Å²) in [7, 11) is 0. The molecule has 7 heteroatoms. The minimum Gasteiger partial charge on any atom is -0.258 e. The van der Waals surface area contributed by atoms with Crippen LogP contribution in [0, 0.1) is 24.0 Å². The van der Waals surface area contributed by atoms with Crippen molar-refractivity contribution in [1.29, 1.82) is 0 Å². The molecular formula is C26H22N4O2S. The number of nitro benzene ring substituents is 1. The second-order valence-electron chi connectivity index (χ2n) is 8.16. The van der Waals surface area contributed by atoms with Crippen LogP contribution in [0.15, 0.2) is 83.3 Å². The maximum atomic E-state index is 11.4. The van der Waals surface area contributed by atoms with Crippen molar-refractivity contribution in [3.05, 3.63) is 111 Å². The number of aryl methyl sites for hydroxylation is 2. The third kappa shape index (κ3) is 4.15. The smallest absolute Gasteiger partial charge is 0.258 e. The van der Waals surface area contributed by atoms with E-state index in [2.05, 4.69) is 32.0 Å². The SMILES string of the molecule is Cc1ccc(C)c(C2=NN(c3nc(-c4ccccc4)cs3)[C@H](c3cccc([N+](=O)[O-])c3)C2)c1. The van der Waals surface area contributed by atoms with Gasteiger partial charge in [0.2, 0.25) is 5.13 Å². The van der Waals surface area contributed by atoms with Crippen molar-refractivity contribution >= 4 is 27.9 Å². The van der Waals surface area contributed by atoms with E-state index in [9.17, 15) is 10.1 Å². The lowest BCUT2D eigenvalue weighted by atomic mass is 9.95. The van der Waals surface area contributed by atoms with Gasteiger partial charge in [0.1, 0.15) is 0 Å². The van der Waals surface area contributed by atoms with Crippen molar-refractivity contribution in [3.63, 3.8) is 0 Å². The molecule has 164 valence electrons. The van der Waals surface area contributed by atoms with Gasteiger partial charge in [-0.05, 0) is 31.0 Å². The fourth-order valence-electron chi connectivity index (χ4n) is 4.11. The van der Waals surface area contributed by atoms with Gasteiger partial charge < -0.3 is 0 Å². The Morgan fingerprint density at radius 3 is 2.64 bits per heavy atom. The Labute approximate surface area is 196 Å². The fraction of sp³-hybridized carbons (Fsp3) is 0.154. The lowest BCUT2D eigenvalue weighted by molar-refractivity contribution is -0.384. The van der Waals surface area contributed by atoms with E-state index in [1.54, 1.807) is 12.1 Å². The van der Waals surface area contributed by atoms with Crippen LogP contribution in [0.1, 0.15) is 34.7 Å². The first kappa shape index (κ1) is 21.0. The van der Waals surface area contributed by atoms with E-state index in [0.29, 0.717) is 6.42 Å². The molecular weight excluding hydrogens is 432 g/mol. The van der Waals surface area contributed by atoms with Gasteiger partial charge in [-0.2, -0.15) is 5.10 Å². The van der Waals surface area contributed by atoms with Gasteiger partial charge in [0, 0.05) is 35.1 Å². The molecule has 1 aromatic heterocycles. The van der Waals surface area contributed by atoms with Crippen LogP contribution >= 0.6 is 11.3 Å². The Bertz CT molecular complexity index is 1360. The van der Waals surface area contributed by atoms with Gasteiger partial charge in [-0.15, -0.1) is 11.3 Å². The van der Waals surface area contributed by atoms with E-state index in [1.165, 1.54) is 23.0 Å². The molecule has 33 heavy (non-hydrogen) atoms. The third-order valence-electron chi connectivity index (χ3n) is 5.84. The number of nitro groups is 1. The summed E-state index contributed by atoms with van der Waals surface area (Å²) >= 11 is 1.53. The highest BCUT2D eigenvalue weighted by atomic mass is 32.1. The molecule has 1 aliphatic heterocycles. The van der Waals surface area contributed by atoms with Crippen molar-refractivity contribution in [3.8, 4) is 11.3 Å². The molecule has 4 aromatic rings. The summed E-state index contributed by atoms with van der Waals surface area (Å²) in [6, 6.07) is 23.0. The number of hydrogen-bond donors (Lipinski definition) is 0. The van der Waals surface area contributed by atoms with Crippen molar-refractivity contribution in [2.45, 2.75) is 26.3 Å². The lowest BCUT2D eigenvalue weighted by Crippen LogP contribution is -2.18. The van der Waals surface area contributed by atoms with Gasteiger partial charge in [-0.1, -0.05) is 60.2 Å². The maximum Gasteiger partial charge on any atom is 0.269 e. The zero-order valence-corrected chi connectivity index (χ0v) is 19.1. The van der Waals surface area contributed by atoms with Crippen LogP contribution in [-0.2, 0) is 0 Å². The highest BCUT2D eigenvalue weighted by Gasteiger charge is 2.33. The van der Waals surface area contributed by atoms with Crippen LogP contribution < -0.4 is 5.01 Å². The Morgan fingerprint density at radius 2 is 1.85 bits per heavy atom. The van der Waals surface area contributed by atoms with Crippen LogP contribution in [-0.4, -0.2) is 15.6 Å². The highest BCUT2D eigenvalue weighted by Crippen LogP contribution is 2.40.